The third-order valence-electron chi connectivity index (χ3n) is 4.70. The van der Waals surface area contributed by atoms with Gasteiger partial charge in [0, 0.05) is 37.6 Å². The lowest BCUT2D eigenvalue weighted by Gasteiger charge is -2.33. The van der Waals surface area contributed by atoms with Crippen LogP contribution in [0.25, 0.3) is 0 Å². The Bertz CT molecular complexity index is 816. The average molecular weight is 457 g/mol. The number of nitrogens with one attached hydrogen (secondary N) is 2. The van der Waals surface area contributed by atoms with Crippen LogP contribution in [-0.2, 0) is 16.1 Å². The maximum atomic E-state index is 12.2. The molecule has 1 aromatic rings. The van der Waals surface area contributed by atoms with Gasteiger partial charge in [-0.25, -0.2) is 4.99 Å². The van der Waals surface area contributed by atoms with Crippen molar-refractivity contribution in [2.75, 3.05) is 38.5 Å². The van der Waals surface area contributed by atoms with E-state index in [2.05, 4.69) is 20.5 Å². The molecule has 2 heterocycles. The molecule has 2 aliphatic rings. The van der Waals surface area contributed by atoms with Crippen molar-refractivity contribution in [3.8, 4) is 0 Å². The Labute approximate surface area is 186 Å². The molecule has 158 valence electrons. The molecule has 0 aliphatic carbocycles. The van der Waals surface area contributed by atoms with E-state index in [9.17, 15) is 4.79 Å². The van der Waals surface area contributed by atoms with Crippen LogP contribution in [0.1, 0.15) is 19.4 Å². The molecule has 2 N–H and O–H groups in total. The van der Waals surface area contributed by atoms with Gasteiger partial charge in [-0.3, -0.25) is 9.69 Å². The zero-order valence-corrected chi connectivity index (χ0v) is 19.0. The molecule has 1 fully saturated rings. The van der Waals surface area contributed by atoms with Crippen molar-refractivity contribution in [2.24, 2.45) is 4.99 Å². The van der Waals surface area contributed by atoms with Crippen molar-refractivity contribution < 1.29 is 9.53 Å². The summed E-state index contributed by atoms with van der Waals surface area (Å²) in [7, 11) is 0. The minimum absolute atomic E-state index is 0.0149. The fourth-order valence-corrected chi connectivity index (χ4v) is 4.33. The van der Waals surface area contributed by atoms with Crippen LogP contribution in [0.4, 0.5) is 0 Å². The van der Waals surface area contributed by atoms with Crippen LogP contribution in [-0.4, -0.2) is 61.2 Å². The summed E-state index contributed by atoms with van der Waals surface area (Å²) in [5.74, 6) is 0.323. The van der Waals surface area contributed by atoms with Gasteiger partial charge in [-0.15, -0.1) is 0 Å². The van der Waals surface area contributed by atoms with Gasteiger partial charge in [-0.1, -0.05) is 41.0 Å². The molecule has 29 heavy (non-hydrogen) atoms. The van der Waals surface area contributed by atoms with Gasteiger partial charge in [-0.2, -0.15) is 0 Å². The van der Waals surface area contributed by atoms with E-state index in [0.29, 0.717) is 28.9 Å². The van der Waals surface area contributed by atoms with Crippen molar-refractivity contribution in [2.45, 2.75) is 26.5 Å². The quantitative estimate of drug-likeness (QED) is 0.658. The van der Waals surface area contributed by atoms with E-state index in [1.54, 1.807) is 0 Å². The number of carbonyl (C=O) groups is 1. The second-order valence-corrected chi connectivity index (χ2v) is 8.98. The molecule has 2 aliphatic heterocycles. The molecule has 9 heteroatoms. The highest BCUT2D eigenvalue weighted by Crippen LogP contribution is 2.24. The number of rotatable bonds is 7. The number of thioether (sulfide) groups is 1. The van der Waals surface area contributed by atoms with E-state index in [-0.39, 0.29) is 12.0 Å². The topological polar surface area (TPSA) is 66.0 Å². The van der Waals surface area contributed by atoms with Gasteiger partial charge in [0.05, 0.1) is 35.1 Å². The second-order valence-electron chi connectivity index (χ2n) is 7.20. The van der Waals surface area contributed by atoms with Crippen LogP contribution in [0.2, 0.25) is 10.0 Å². The number of amides is 1. The molecule has 0 radical (unpaired) electrons. The van der Waals surface area contributed by atoms with Crippen molar-refractivity contribution in [1.82, 2.24) is 15.5 Å². The number of morpholine rings is 1. The molecule has 0 aromatic heterocycles. The van der Waals surface area contributed by atoms with Gasteiger partial charge >= 0.3 is 0 Å². The van der Waals surface area contributed by atoms with Crippen LogP contribution < -0.4 is 10.6 Å². The summed E-state index contributed by atoms with van der Waals surface area (Å²) in [6, 6.07) is 5.70. The third kappa shape index (κ3) is 6.89. The van der Waals surface area contributed by atoms with E-state index in [1.807, 2.05) is 32.0 Å². The number of benzene rings is 1. The SMILES string of the molecule is CC1=NC(SCC(=O)NC[C@H]2CN(Cc3ccc(Cl)c(Cl)c3)CCO2)=C(C)NC1. The molecule has 0 saturated carbocycles. The highest BCUT2D eigenvalue weighted by molar-refractivity contribution is 8.03. The standard InChI is InChI=1S/C20H26Cl2N4O2S/c1-13-8-23-14(2)20(25-13)29-12-19(27)24-9-16-11-26(5-6-28-16)10-15-3-4-17(21)18(22)7-15/h3-4,7,16,23H,5-6,8-12H2,1-2H3,(H,24,27)/t16-/m0/s1. The highest BCUT2D eigenvalue weighted by Gasteiger charge is 2.21. The fourth-order valence-electron chi connectivity index (χ4n) is 3.13. The summed E-state index contributed by atoms with van der Waals surface area (Å²) >= 11 is 13.5. The Balaban J connectivity index is 1.42. The second kappa shape index (κ2) is 10.7. The Morgan fingerprint density at radius 2 is 2.21 bits per heavy atom. The lowest BCUT2D eigenvalue weighted by Crippen LogP contribution is -2.47. The Hall–Kier alpha value is -1.25. The summed E-state index contributed by atoms with van der Waals surface area (Å²) in [5, 5.41) is 8.26. The van der Waals surface area contributed by atoms with Gasteiger partial charge in [0.15, 0.2) is 0 Å². The largest absolute Gasteiger partial charge is 0.381 e. The lowest BCUT2D eigenvalue weighted by molar-refractivity contribution is -0.119. The van der Waals surface area contributed by atoms with Gasteiger partial charge in [0.25, 0.3) is 0 Å². The predicted octanol–water partition coefficient (Wildman–Crippen LogP) is 3.30. The molecule has 0 unspecified atom stereocenters. The molecule has 0 bridgehead atoms. The zero-order valence-electron chi connectivity index (χ0n) is 16.6. The minimum Gasteiger partial charge on any atom is -0.381 e. The molecular formula is C20H26Cl2N4O2S. The molecule has 3 rings (SSSR count). The monoisotopic (exact) mass is 456 g/mol. The number of carbonyl (C=O) groups excluding carboxylic acids is 1. The molecule has 1 atom stereocenters. The lowest BCUT2D eigenvalue weighted by atomic mass is 10.2. The molecule has 1 amide bonds. The number of halogens is 2. The third-order valence-corrected chi connectivity index (χ3v) is 6.52. The zero-order chi connectivity index (χ0) is 20.8. The average Bonchev–Trinajstić information content (AvgIpc) is 2.70. The van der Waals surface area contributed by atoms with Gasteiger partial charge in [-0.05, 0) is 31.5 Å². The van der Waals surface area contributed by atoms with E-state index >= 15 is 0 Å². The first-order chi connectivity index (χ1) is 13.9. The number of ether oxygens (including phenoxy) is 1. The number of hydrogen-bond acceptors (Lipinski definition) is 6. The molecular weight excluding hydrogens is 431 g/mol. The van der Waals surface area contributed by atoms with Crippen LogP contribution >= 0.6 is 35.0 Å². The number of nitrogens with zero attached hydrogens (tertiary/aromatic N) is 2. The number of allylic oxidation sites excluding steroid dienone is 1. The van der Waals surface area contributed by atoms with Crippen molar-refractivity contribution in [3.63, 3.8) is 0 Å². The smallest absolute Gasteiger partial charge is 0.230 e. The first kappa shape index (κ1) is 22.4. The normalized spacial score (nSPS) is 20.3. The highest BCUT2D eigenvalue weighted by atomic mass is 35.5. The van der Waals surface area contributed by atoms with Gasteiger partial charge < -0.3 is 15.4 Å². The molecule has 0 spiro atoms. The summed E-state index contributed by atoms with van der Waals surface area (Å²) < 4.78 is 5.81. The summed E-state index contributed by atoms with van der Waals surface area (Å²) in [4.78, 5) is 19.1. The maximum Gasteiger partial charge on any atom is 0.230 e. The van der Waals surface area contributed by atoms with E-state index in [1.165, 1.54) is 11.8 Å². The summed E-state index contributed by atoms with van der Waals surface area (Å²) in [6.45, 7) is 8.23. The maximum absolute atomic E-state index is 12.2. The Morgan fingerprint density at radius 1 is 1.38 bits per heavy atom. The first-order valence-corrected chi connectivity index (χ1v) is 11.3. The van der Waals surface area contributed by atoms with Crippen LogP contribution in [0.3, 0.4) is 0 Å². The van der Waals surface area contributed by atoms with Crippen molar-refractivity contribution in [1.29, 1.82) is 0 Å². The van der Waals surface area contributed by atoms with Gasteiger partial charge in [0.1, 0.15) is 5.03 Å². The number of aliphatic imine (C=N–C) groups is 1. The number of hydrogen-bond donors (Lipinski definition) is 2. The molecule has 1 saturated heterocycles. The summed E-state index contributed by atoms with van der Waals surface area (Å²) in [6.07, 6.45) is -0.0296. The molecule has 6 nitrogen and oxygen atoms in total. The van der Waals surface area contributed by atoms with E-state index < -0.39 is 0 Å². The Kier molecular flexibility index (Phi) is 8.26. The van der Waals surface area contributed by atoms with Crippen molar-refractivity contribution in [3.05, 3.63) is 44.5 Å². The fraction of sp³-hybridized carbons (Fsp3) is 0.500. The first-order valence-electron chi connectivity index (χ1n) is 9.57. The van der Waals surface area contributed by atoms with E-state index in [0.717, 1.165) is 48.2 Å². The van der Waals surface area contributed by atoms with Crippen LogP contribution in [0, 0.1) is 0 Å². The molecule has 1 aromatic carbocycles. The predicted molar refractivity (Wildman–Crippen MR) is 121 cm³/mol. The summed E-state index contributed by atoms with van der Waals surface area (Å²) in [5.41, 5.74) is 3.15. The van der Waals surface area contributed by atoms with Crippen molar-refractivity contribution >= 4 is 46.6 Å². The van der Waals surface area contributed by atoms with Crippen LogP contribution in [0.5, 0.6) is 0 Å². The van der Waals surface area contributed by atoms with Gasteiger partial charge in [0.2, 0.25) is 5.91 Å². The Morgan fingerprint density at radius 3 is 3.00 bits per heavy atom. The minimum atomic E-state index is -0.0296. The van der Waals surface area contributed by atoms with E-state index in [4.69, 9.17) is 27.9 Å². The van der Waals surface area contributed by atoms with Crippen LogP contribution in [0.15, 0.2) is 33.9 Å².